The van der Waals surface area contributed by atoms with Gasteiger partial charge in [0.1, 0.15) is 5.75 Å². The van der Waals surface area contributed by atoms with E-state index >= 15 is 0 Å². The van der Waals surface area contributed by atoms with Crippen LogP contribution >= 0.6 is 24.0 Å². The van der Waals surface area contributed by atoms with E-state index in [1.54, 1.807) is 12.0 Å². The Morgan fingerprint density at radius 2 is 2.04 bits per heavy atom. The third-order valence-corrected chi connectivity index (χ3v) is 4.26. The zero-order valence-corrected chi connectivity index (χ0v) is 18.7. The van der Waals surface area contributed by atoms with Crippen LogP contribution in [0.1, 0.15) is 32.3 Å². The largest absolute Gasteiger partial charge is 0.497 e. The molecule has 1 amide bonds. The Labute approximate surface area is 178 Å². The molecular weight excluding hydrogens is 459 g/mol. The number of hydrogen-bond acceptors (Lipinski definition) is 4. The number of nitrogens with zero attached hydrogens (tertiary/aromatic N) is 2. The summed E-state index contributed by atoms with van der Waals surface area (Å²) in [6, 6.07) is 8.21. The van der Waals surface area contributed by atoms with E-state index in [0.717, 1.165) is 36.7 Å². The van der Waals surface area contributed by atoms with Crippen LogP contribution in [0.5, 0.6) is 5.75 Å². The van der Waals surface area contributed by atoms with Crippen LogP contribution in [0.15, 0.2) is 29.3 Å². The first-order chi connectivity index (χ1) is 12.7. The topological polar surface area (TPSA) is 75.2 Å². The van der Waals surface area contributed by atoms with E-state index in [0.29, 0.717) is 32.3 Å². The van der Waals surface area contributed by atoms with Gasteiger partial charge in [0.15, 0.2) is 5.96 Å². The minimum absolute atomic E-state index is 0. The summed E-state index contributed by atoms with van der Waals surface area (Å²) in [5.41, 5.74) is 1.10. The summed E-state index contributed by atoms with van der Waals surface area (Å²) < 4.78 is 10.3. The molecule has 0 radical (unpaired) electrons. The molecular formula is C19H31IN4O3. The maximum Gasteiger partial charge on any atom is 0.409 e. The molecule has 2 rings (SSSR count). The molecule has 2 N–H and O–H groups in total. The highest BCUT2D eigenvalue weighted by molar-refractivity contribution is 14.0. The quantitative estimate of drug-likeness (QED) is 0.365. The molecule has 1 fully saturated rings. The van der Waals surface area contributed by atoms with Gasteiger partial charge in [-0.3, -0.25) is 0 Å². The lowest BCUT2D eigenvalue weighted by molar-refractivity contribution is 0.0963. The van der Waals surface area contributed by atoms with Gasteiger partial charge in [0.2, 0.25) is 0 Å². The van der Waals surface area contributed by atoms with Gasteiger partial charge in [-0.05, 0) is 44.4 Å². The monoisotopic (exact) mass is 490 g/mol. The zero-order chi connectivity index (χ0) is 18.8. The highest BCUT2D eigenvalue weighted by Crippen LogP contribution is 2.14. The smallest absolute Gasteiger partial charge is 0.409 e. The lowest BCUT2D eigenvalue weighted by Gasteiger charge is -2.32. The first kappa shape index (κ1) is 23.3. The van der Waals surface area contributed by atoms with Gasteiger partial charge in [-0.2, -0.15) is 0 Å². The average molecular weight is 490 g/mol. The number of amides is 1. The zero-order valence-electron chi connectivity index (χ0n) is 16.4. The number of benzene rings is 1. The predicted octanol–water partition coefficient (Wildman–Crippen LogP) is 2.99. The van der Waals surface area contributed by atoms with Crippen molar-refractivity contribution in [1.82, 2.24) is 15.5 Å². The molecule has 0 atom stereocenters. The lowest BCUT2D eigenvalue weighted by Crippen LogP contribution is -2.49. The Morgan fingerprint density at radius 3 is 2.67 bits per heavy atom. The Bertz CT molecular complexity index is 604. The van der Waals surface area contributed by atoms with Crippen molar-refractivity contribution in [2.45, 2.75) is 39.3 Å². The minimum atomic E-state index is -0.218. The summed E-state index contributed by atoms with van der Waals surface area (Å²) >= 11 is 0. The van der Waals surface area contributed by atoms with Gasteiger partial charge in [0.25, 0.3) is 0 Å². The van der Waals surface area contributed by atoms with Gasteiger partial charge in [-0.15, -0.1) is 24.0 Å². The first-order valence-electron chi connectivity index (χ1n) is 9.25. The van der Waals surface area contributed by atoms with Gasteiger partial charge in [-0.25, -0.2) is 9.79 Å². The van der Waals surface area contributed by atoms with Gasteiger partial charge < -0.3 is 25.0 Å². The van der Waals surface area contributed by atoms with Crippen LogP contribution in [-0.4, -0.2) is 56.3 Å². The number of nitrogens with one attached hydrogen (secondary N) is 2. The summed E-state index contributed by atoms with van der Waals surface area (Å²) in [4.78, 5) is 18.2. The first-order valence-corrected chi connectivity index (χ1v) is 9.25. The second kappa shape index (κ2) is 12.6. The molecule has 0 spiro atoms. The standard InChI is InChI=1S/C19H30N4O3.HI/c1-4-20-18(21-14-15-7-6-8-17(13-15)25-3)22-16-9-11-23(12-10-16)19(24)26-5-2;/h6-8,13,16H,4-5,9-12,14H2,1-3H3,(H2,20,21,22);1H. The molecule has 27 heavy (non-hydrogen) atoms. The second-order valence-corrected chi connectivity index (χ2v) is 6.15. The van der Waals surface area contributed by atoms with Crippen LogP contribution in [0, 0.1) is 0 Å². The van der Waals surface area contributed by atoms with Crippen molar-refractivity contribution in [3.63, 3.8) is 0 Å². The Balaban J connectivity index is 0.00000364. The third-order valence-electron chi connectivity index (χ3n) is 4.26. The number of rotatable bonds is 6. The van der Waals surface area contributed by atoms with Crippen molar-refractivity contribution in [2.24, 2.45) is 4.99 Å². The normalized spacial score (nSPS) is 14.9. The summed E-state index contributed by atoms with van der Waals surface area (Å²) in [6.45, 7) is 7.07. The van der Waals surface area contributed by atoms with E-state index in [9.17, 15) is 4.79 Å². The molecule has 0 aromatic heterocycles. The second-order valence-electron chi connectivity index (χ2n) is 6.15. The van der Waals surface area contributed by atoms with Crippen molar-refractivity contribution in [3.8, 4) is 5.75 Å². The molecule has 7 nitrogen and oxygen atoms in total. The molecule has 0 bridgehead atoms. The van der Waals surface area contributed by atoms with Crippen LogP contribution in [0.3, 0.4) is 0 Å². The van der Waals surface area contributed by atoms with Gasteiger partial charge in [0.05, 0.1) is 20.3 Å². The summed E-state index contributed by atoms with van der Waals surface area (Å²) in [5.74, 6) is 1.63. The Hall–Kier alpha value is -1.71. The molecule has 0 aliphatic carbocycles. The van der Waals surface area contributed by atoms with E-state index in [1.807, 2.05) is 38.1 Å². The third kappa shape index (κ3) is 7.82. The van der Waals surface area contributed by atoms with E-state index < -0.39 is 0 Å². The van der Waals surface area contributed by atoms with Gasteiger partial charge in [0, 0.05) is 25.7 Å². The molecule has 1 heterocycles. The van der Waals surface area contributed by atoms with Crippen molar-refractivity contribution >= 4 is 36.0 Å². The van der Waals surface area contributed by atoms with Gasteiger partial charge in [-0.1, -0.05) is 12.1 Å². The van der Waals surface area contributed by atoms with E-state index in [1.165, 1.54) is 0 Å². The van der Waals surface area contributed by atoms with Gasteiger partial charge >= 0.3 is 6.09 Å². The maximum atomic E-state index is 11.8. The van der Waals surface area contributed by atoms with E-state index in [-0.39, 0.29) is 30.1 Å². The number of halogens is 1. The number of methoxy groups -OCH3 is 1. The fourth-order valence-electron chi connectivity index (χ4n) is 2.88. The summed E-state index contributed by atoms with van der Waals surface area (Å²) in [5, 5.41) is 6.76. The van der Waals surface area contributed by atoms with E-state index in [2.05, 4.69) is 15.6 Å². The summed E-state index contributed by atoms with van der Waals surface area (Å²) in [7, 11) is 1.66. The fraction of sp³-hybridized carbons (Fsp3) is 0.579. The number of carbonyl (C=O) groups is 1. The molecule has 1 saturated heterocycles. The van der Waals surface area contributed by atoms with Crippen LogP contribution < -0.4 is 15.4 Å². The molecule has 1 aliphatic heterocycles. The number of ether oxygens (including phenoxy) is 2. The lowest BCUT2D eigenvalue weighted by atomic mass is 10.1. The molecule has 1 aromatic rings. The minimum Gasteiger partial charge on any atom is -0.497 e. The molecule has 1 aromatic carbocycles. The highest BCUT2D eigenvalue weighted by atomic mass is 127. The van der Waals surface area contributed by atoms with Crippen molar-refractivity contribution in [1.29, 1.82) is 0 Å². The molecule has 152 valence electrons. The predicted molar refractivity (Wildman–Crippen MR) is 118 cm³/mol. The SMILES string of the molecule is CCNC(=NCc1cccc(OC)c1)NC1CCN(C(=O)OCC)CC1.I. The van der Waals surface area contributed by atoms with Crippen LogP contribution in [0.4, 0.5) is 4.79 Å². The van der Waals surface area contributed by atoms with Crippen molar-refractivity contribution in [2.75, 3.05) is 33.4 Å². The molecule has 0 saturated carbocycles. The molecule has 8 heteroatoms. The van der Waals surface area contributed by atoms with E-state index in [4.69, 9.17) is 9.47 Å². The maximum absolute atomic E-state index is 11.8. The number of aliphatic imine (C=N–C) groups is 1. The molecule has 0 unspecified atom stereocenters. The highest BCUT2D eigenvalue weighted by Gasteiger charge is 2.23. The Kier molecular flexibility index (Phi) is 10.9. The Morgan fingerprint density at radius 1 is 1.30 bits per heavy atom. The number of guanidine groups is 1. The fourth-order valence-corrected chi connectivity index (χ4v) is 2.88. The van der Waals surface area contributed by atoms with Crippen LogP contribution in [0.25, 0.3) is 0 Å². The van der Waals surface area contributed by atoms with Crippen molar-refractivity contribution < 1.29 is 14.3 Å². The number of carbonyl (C=O) groups excluding carboxylic acids is 1. The number of hydrogen-bond donors (Lipinski definition) is 2. The average Bonchev–Trinajstić information content (AvgIpc) is 2.67. The number of piperidine rings is 1. The summed E-state index contributed by atoms with van der Waals surface area (Å²) in [6.07, 6.45) is 1.54. The number of likely N-dealkylation sites (tertiary alicyclic amines) is 1. The van der Waals surface area contributed by atoms with Crippen molar-refractivity contribution in [3.05, 3.63) is 29.8 Å². The van der Waals surface area contributed by atoms with Crippen LogP contribution in [-0.2, 0) is 11.3 Å². The van der Waals surface area contributed by atoms with Crippen LogP contribution in [0.2, 0.25) is 0 Å². The molecule has 1 aliphatic rings.